The number of likely N-dealkylation sites (N-methyl/N-ethyl adjacent to an activating group) is 1. The van der Waals surface area contributed by atoms with Crippen LogP contribution in [0.5, 0.6) is 0 Å². The number of halogens is 1. The Hall–Kier alpha value is -3.43. The minimum Gasteiger partial charge on any atom is -0.366 e. The van der Waals surface area contributed by atoms with Crippen molar-refractivity contribution >= 4 is 23.4 Å². The molecule has 35 heavy (non-hydrogen) atoms. The first-order valence-corrected chi connectivity index (χ1v) is 12.2. The second kappa shape index (κ2) is 8.98. The van der Waals surface area contributed by atoms with E-state index < -0.39 is 5.54 Å². The van der Waals surface area contributed by atoms with E-state index in [9.17, 15) is 18.8 Å². The standard InChI is InChI=1S/C25H31FN6O3/c1-25(24(35)27-17-7-3-4-8-17)16-32-21(23(34)29(25)2)15-19(28-32)22(33)31-13-11-30(12-14-31)20-10-6-5-9-18(20)26/h5-6,9-10,15,17H,3-4,7-8,11-14,16H2,1-2H3,(H,27,35). The summed E-state index contributed by atoms with van der Waals surface area (Å²) in [6, 6.07) is 8.26. The summed E-state index contributed by atoms with van der Waals surface area (Å²) in [5, 5.41) is 7.53. The second-order valence-corrected chi connectivity index (χ2v) is 9.90. The maximum Gasteiger partial charge on any atom is 0.274 e. The Morgan fingerprint density at radius 1 is 1.11 bits per heavy atom. The lowest BCUT2D eigenvalue weighted by molar-refractivity contribution is -0.133. The maximum absolute atomic E-state index is 14.1. The Balaban J connectivity index is 1.29. The van der Waals surface area contributed by atoms with Crippen LogP contribution in [0.1, 0.15) is 53.6 Å². The first-order chi connectivity index (χ1) is 16.8. The van der Waals surface area contributed by atoms with Crippen molar-refractivity contribution in [3.05, 3.63) is 47.5 Å². The van der Waals surface area contributed by atoms with Gasteiger partial charge < -0.3 is 20.0 Å². The first-order valence-electron chi connectivity index (χ1n) is 12.2. The summed E-state index contributed by atoms with van der Waals surface area (Å²) in [4.78, 5) is 44.5. The highest BCUT2D eigenvalue weighted by Crippen LogP contribution is 2.28. The first kappa shape index (κ1) is 23.3. The molecule has 1 saturated heterocycles. The zero-order valence-corrected chi connectivity index (χ0v) is 20.2. The molecule has 1 saturated carbocycles. The van der Waals surface area contributed by atoms with Crippen LogP contribution >= 0.6 is 0 Å². The van der Waals surface area contributed by atoms with Crippen LogP contribution in [0.25, 0.3) is 0 Å². The Morgan fingerprint density at radius 2 is 1.80 bits per heavy atom. The van der Waals surface area contributed by atoms with Gasteiger partial charge in [0.15, 0.2) is 5.69 Å². The monoisotopic (exact) mass is 482 g/mol. The third-order valence-electron chi connectivity index (χ3n) is 7.66. The minimum absolute atomic E-state index is 0.141. The summed E-state index contributed by atoms with van der Waals surface area (Å²) < 4.78 is 15.6. The number of carbonyl (C=O) groups is 3. The zero-order valence-electron chi connectivity index (χ0n) is 20.2. The largest absolute Gasteiger partial charge is 0.366 e. The summed E-state index contributed by atoms with van der Waals surface area (Å²) in [5.74, 6) is -1.08. The molecule has 5 rings (SSSR count). The maximum atomic E-state index is 14.1. The van der Waals surface area contributed by atoms with Crippen molar-refractivity contribution in [2.24, 2.45) is 0 Å². The van der Waals surface area contributed by atoms with E-state index in [0.717, 1.165) is 25.7 Å². The molecule has 3 aliphatic rings. The van der Waals surface area contributed by atoms with Crippen molar-refractivity contribution in [1.82, 2.24) is 24.9 Å². The number of carbonyl (C=O) groups excluding carboxylic acids is 3. The van der Waals surface area contributed by atoms with Crippen LogP contribution < -0.4 is 10.2 Å². The molecule has 2 aliphatic heterocycles. The smallest absolute Gasteiger partial charge is 0.274 e. The average Bonchev–Trinajstić information content (AvgIpc) is 3.52. The molecule has 2 fully saturated rings. The van der Waals surface area contributed by atoms with Crippen molar-refractivity contribution in [1.29, 1.82) is 0 Å². The van der Waals surface area contributed by atoms with E-state index in [1.807, 2.05) is 4.90 Å². The van der Waals surface area contributed by atoms with Crippen LogP contribution in [0.15, 0.2) is 30.3 Å². The number of hydrogen-bond acceptors (Lipinski definition) is 5. The van der Waals surface area contributed by atoms with E-state index in [1.54, 1.807) is 37.1 Å². The van der Waals surface area contributed by atoms with Gasteiger partial charge in [0.05, 0.1) is 12.2 Å². The summed E-state index contributed by atoms with van der Waals surface area (Å²) in [6.45, 7) is 3.76. The number of rotatable bonds is 4. The summed E-state index contributed by atoms with van der Waals surface area (Å²) in [7, 11) is 1.62. The highest BCUT2D eigenvalue weighted by atomic mass is 19.1. The molecule has 186 valence electrons. The molecule has 1 unspecified atom stereocenters. The lowest BCUT2D eigenvalue weighted by Gasteiger charge is -2.41. The van der Waals surface area contributed by atoms with Gasteiger partial charge in [-0.2, -0.15) is 5.10 Å². The van der Waals surface area contributed by atoms with Gasteiger partial charge in [0.1, 0.15) is 17.1 Å². The van der Waals surface area contributed by atoms with Gasteiger partial charge in [-0.05, 0) is 31.9 Å². The topological polar surface area (TPSA) is 90.8 Å². The lowest BCUT2D eigenvalue weighted by atomic mass is 9.95. The lowest BCUT2D eigenvalue weighted by Crippen LogP contribution is -2.63. The molecular weight excluding hydrogens is 451 g/mol. The Kier molecular flexibility index (Phi) is 5.98. The number of piperazine rings is 1. The third-order valence-corrected chi connectivity index (χ3v) is 7.66. The number of anilines is 1. The van der Waals surface area contributed by atoms with Gasteiger partial charge in [0.2, 0.25) is 5.91 Å². The summed E-state index contributed by atoms with van der Waals surface area (Å²) in [6.07, 6.45) is 4.10. The van der Waals surface area contributed by atoms with E-state index >= 15 is 0 Å². The Bertz CT molecular complexity index is 1150. The molecule has 1 aromatic carbocycles. The predicted molar refractivity (Wildman–Crippen MR) is 128 cm³/mol. The number of benzene rings is 1. The van der Waals surface area contributed by atoms with Crippen molar-refractivity contribution in [3.8, 4) is 0 Å². The molecule has 1 aliphatic carbocycles. The molecule has 1 N–H and O–H groups in total. The summed E-state index contributed by atoms with van der Waals surface area (Å²) in [5.41, 5.74) is -0.0842. The Morgan fingerprint density at radius 3 is 2.49 bits per heavy atom. The predicted octanol–water partition coefficient (Wildman–Crippen LogP) is 1.89. The van der Waals surface area contributed by atoms with Crippen molar-refractivity contribution in [2.45, 2.75) is 50.7 Å². The number of fused-ring (bicyclic) bond motifs is 1. The Labute approximate surface area is 203 Å². The molecule has 1 atom stereocenters. The van der Waals surface area contributed by atoms with Crippen molar-refractivity contribution < 1.29 is 18.8 Å². The molecule has 3 heterocycles. The van der Waals surface area contributed by atoms with Gasteiger partial charge in [-0.1, -0.05) is 25.0 Å². The second-order valence-electron chi connectivity index (χ2n) is 9.90. The van der Waals surface area contributed by atoms with Crippen molar-refractivity contribution in [2.75, 3.05) is 38.1 Å². The van der Waals surface area contributed by atoms with E-state index in [-0.39, 0.29) is 41.8 Å². The fourth-order valence-corrected chi connectivity index (χ4v) is 5.26. The van der Waals surface area contributed by atoms with Gasteiger partial charge in [-0.25, -0.2) is 4.39 Å². The molecule has 0 bridgehead atoms. The molecule has 10 heteroatoms. The van der Waals surface area contributed by atoms with E-state index in [0.29, 0.717) is 37.6 Å². The van der Waals surface area contributed by atoms with Crippen molar-refractivity contribution in [3.63, 3.8) is 0 Å². The molecular formula is C25H31FN6O3. The molecule has 1 aromatic heterocycles. The fraction of sp³-hybridized carbons (Fsp3) is 0.520. The normalized spacial score (nSPS) is 22.9. The number of amides is 3. The van der Waals surface area contributed by atoms with Crippen LogP contribution in [-0.2, 0) is 11.3 Å². The number of aromatic nitrogens is 2. The van der Waals surface area contributed by atoms with Gasteiger partial charge in [0.25, 0.3) is 11.8 Å². The van der Waals surface area contributed by atoms with Crippen LogP contribution in [0, 0.1) is 5.82 Å². The minimum atomic E-state index is -1.09. The van der Waals surface area contributed by atoms with Crippen LogP contribution in [0.4, 0.5) is 10.1 Å². The quantitative estimate of drug-likeness (QED) is 0.719. The van der Waals surface area contributed by atoms with Gasteiger partial charge >= 0.3 is 0 Å². The third kappa shape index (κ3) is 4.15. The number of hydrogen-bond donors (Lipinski definition) is 1. The fourth-order valence-electron chi connectivity index (χ4n) is 5.26. The SMILES string of the molecule is CN1C(=O)c2cc(C(=O)N3CCN(c4ccccc4F)CC3)nn2CC1(C)C(=O)NC1CCCC1. The van der Waals surface area contributed by atoms with E-state index in [4.69, 9.17) is 0 Å². The molecule has 3 amide bonds. The van der Waals surface area contributed by atoms with Gasteiger partial charge in [-0.3, -0.25) is 19.1 Å². The molecule has 2 aromatic rings. The number of nitrogens with one attached hydrogen (secondary N) is 1. The number of nitrogens with zero attached hydrogens (tertiary/aromatic N) is 5. The zero-order chi connectivity index (χ0) is 24.7. The van der Waals surface area contributed by atoms with Crippen LogP contribution in [0.2, 0.25) is 0 Å². The highest BCUT2D eigenvalue weighted by Gasteiger charge is 2.47. The summed E-state index contributed by atoms with van der Waals surface area (Å²) >= 11 is 0. The van der Waals surface area contributed by atoms with Crippen LogP contribution in [-0.4, -0.2) is 82.1 Å². The van der Waals surface area contributed by atoms with Crippen LogP contribution in [0.3, 0.4) is 0 Å². The molecule has 0 spiro atoms. The van der Waals surface area contributed by atoms with E-state index in [2.05, 4.69) is 10.4 Å². The number of para-hydroxylation sites is 1. The van der Waals surface area contributed by atoms with Gasteiger partial charge in [-0.15, -0.1) is 0 Å². The van der Waals surface area contributed by atoms with E-state index in [1.165, 1.54) is 21.7 Å². The van der Waals surface area contributed by atoms with Gasteiger partial charge in [0, 0.05) is 45.3 Å². The highest BCUT2D eigenvalue weighted by molar-refractivity contribution is 6.01. The molecule has 0 radical (unpaired) electrons. The average molecular weight is 483 g/mol. The molecule has 9 nitrogen and oxygen atoms in total.